The van der Waals surface area contributed by atoms with Crippen molar-refractivity contribution in [3.63, 3.8) is 0 Å². The molecule has 0 heterocycles. The number of amides is 3. The number of ether oxygens (including phenoxy) is 3. The summed E-state index contributed by atoms with van der Waals surface area (Å²) >= 11 is 0. The Kier molecular flexibility index (Phi) is 22.1. The van der Waals surface area contributed by atoms with Crippen molar-refractivity contribution in [2.24, 2.45) is 11.7 Å². The lowest BCUT2D eigenvalue weighted by atomic mass is 9.95. The van der Waals surface area contributed by atoms with Gasteiger partial charge in [0.2, 0.25) is 17.7 Å². The quantitative estimate of drug-likeness (QED) is 0.0380. The van der Waals surface area contributed by atoms with Crippen LogP contribution in [0.15, 0.2) is 42.5 Å². The topological polar surface area (TPSA) is 209 Å². The molecule has 1 rings (SSSR count). The van der Waals surface area contributed by atoms with Crippen LogP contribution in [-0.2, 0) is 54.4 Å². The number of nitrogens with one attached hydrogen (secondary N) is 3. The summed E-state index contributed by atoms with van der Waals surface area (Å²) in [5.74, 6) is -5.78. The van der Waals surface area contributed by atoms with Crippen molar-refractivity contribution in [3.05, 3.63) is 48.0 Å². The molecule has 0 radical (unpaired) electrons. The number of methoxy groups -OCH3 is 1. The number of rotatable bonds is 25. The highest BCUT2D eigenvalue weighted by atomic mass is 16.5. The van der Waals surface area contributed by atoms with Crippen molar-refractivity contribution >= 4 is 41.4 Å². The van der Waals surface area contributed by atoms with Crippen LogP contribution in [0.5, 0.6) is 0 Å². The number of hydrogen-bond donors (Lipinski definition) is 4. The smallest absolute Gasteiger partial charge is 0.328 e. The molecule has 5 atom stereocenters. The van der Waals surface area contributed by atoms with Crippen LogP contribution in [0.3, 0.4) is 0 Å². The van der Waals surface area contributed by atoms with Gasteiger partial charge in [-0.15, -0.1) is 0 Å². The third-order valence-electron chi connectivity index (χ3n) is 7.79. The van der Waals surface area contributed by atoms with Gasteiger partial charge < -0.3 is 35.9 Å². The van der Waals surface area contributed by atoms with Gasteiger partial charge in [-0.2, -0.15) is 0 Å². The molecule has 0 saturated heterocycles. The number of esters is 3. The average molecular weight is 717 g/mol. The normalized spacial score (nSPS) is 13.9. The molecule has 14 heteroatoms. The monoisotopic (exact) mass is 716 g/mol. The highest BCUT2D eigenvalue weighted by Gasteiger charge is 2.30. The minimum Gasteiger partial charge on any atom is -0.467 e. The lowest BCUT2D eigenvalue weighted by Gasteiger charge is -2.20. The lowest BCUT2D eigenvalue weighted by molar-refractivity contribution is -0.152. The molecular weight excluding hydrogens is 660 g/mol. The van der Waals surface area contributed by atoms with Crippen molar-refractivity contribution < 1.29 is 47.8 Å². The van der Waals surface area contributed by atoms with E-state index in [4.69, 9.17) is 15.2 Å². The van der Waals surface area contributed by atoms with Crippen molar-refractivity contribution in [2.75, 3.05) is 13.7 Å². The van der Waals surface area contributed by atoms with E-state index in [0.717, 1.165) is 38.4 Å². The summed E-state index contributed by atoms with van der Waals surface area (Å²) < 4.78 is 15.3. The van der Waals surface area contributed by atoms with Crippen LogP contribution in [0, 0.1) is 5.92 Å². The van der Waals surface area contributed by atoms with Gasteiger partial charge in [-0.05, 0) is 45.1 Å². The maximum atomic E-state index is 13.2. The highest BCUT2D eigenvalue weighted by molar-refractivity contribution is 6.01. The Morgan fingerprint density at radius 2 is 1.45 bits per heavy atom. The van der Waals surface area contributed by atoms with E-state index in [9.17, 15) is 33.6 Å². The second-order valence-corrected chi connectivity index (χ2v) is 12.3. The fourth-order valence-electron chi connectivity index (χ4n) is 4.73. The van der Waals surface area contributed by atoms with Crippen molar-refractivity contribution in [3.8, 4) is 0 Å². The minimum absolute atomic E-state index is 0.0290. The summed E-state index contributed by atoms with van der Waals surface area (Å²) in [5, 5.41) is 7.68. The number of carbonyl (C=O) groups excluding carboxylic acids is 7. The Morgan fingerprint density at radius 3 is 2.08 bits per heavy atom. The lowest BCUT2D eigenvalue weighted by Crippen LogP contribution is -2.50. The number of unbranched alkanes of at least 4 members (excludes halogenated alkanes) is 4. The van der Waals surface area contributed by atoms with Crippen LogP contribution in [-0.4, -0.2) is 79.3 Å². The summed E-state index contributed by atoms with van der Waals surface area (Å²) in [4.78, 5) is 89.5. The molecule has 0 aliphatic rings. The summed E-state index contributed by atoms with van der Waals surface area (Å²) in [5.41, 5.74) is 6.50. The summed E-state index contributed by atoms with van der Waals surface area (Å²) in [6, 6.07) is 4.48. The highest BCUT2D eigenvalue weighted by Crippen LogP contribution is 2.13. The largest absolute Gasteiger partial charge is 0.467 e. The molecule has 1 aromatic carbocycles. The van der Waals surface area contributed by atoms with Crippen LogP contribution < -0.4 is 21.7 Å². The van der Waals surface area contributed by atoms with Crippen LogP contribution in [0.25, 0.3) is 0 Å². The van der Waals surface area contributed by atoms with Gasteiger partial charge in [0.15, 0.2) is 5.78 Å². The van der Waals surface area contributed by atoms with Crippen molar-refractivity contribution in [2.45, 2.75) is 123 Å². The number of hydrogen-bond acceptors (Lipinski definition) is 11. The van der Waals surface area contributed by atoms with Gasteiger partial charge in [0.1, 0.15) is 30.7 Å². The van der Waals surface area contributed by atoms with Crippen LogP contribution in [0.1, 0.15) is 97.5 Å². The zero-order valence-corrected chi connectivity index (χ0v) is 30.6. The molecule has 0 fully saturated rings. The summed E-state index contributed by atoms with van der Waals surface area (Å²) in [7, 11) is 1.16. The Morgan fingerprint density at radius 1 is 0.784 bits per heavy atom. The zero-order chi connectivity index (χ0) is 38.2. The number of ketones is 1. The number of allylic oxidation sites excluding steroid dienone is 1. The Hall–Kier alpha value is -4.59. The minimum atomic E-state index is -1.36. The molecular formula is C37H56N4O10. The Balaban J connectivity index is 3.12. The average Bonchev–Trinajstić information content (AvgIpc) is 3.11. The second-order valence-electron chi connectivity index (χ2n) is 12.3. The Bertz CT molecular complexity index is 1300. The molecule has 0 bridgehead atoms. The van der Waals surface area contributed by atoms with E-state index < -0.39 is 65.6 Å². The first-order valence-electron chi connectivity index (χ1n) is 17.6. The fraction of sp³-hybridized carbons (Fsp3) is 0.595. The van der Waals surface area contributed by atoms with Gasteiger partial charge in [0.05, 0.1) is 19.8 Å². The second kappa shape index (κ2) is 25.4. The first-order chi connectivity index (χ1) is 24.3. The van der Waals surface area contributed by atoms with Crippen LogP contribution in [0.2, 0.25) is 0 Å². The summed E-state index contributed by atoms with van der Waals surface area (Å²) in [6.45, 7) is 6.92. The standard InChI is InChI=1S/C37H56N4O10/c1-6-8-10-14-20-31(42)41-30(37(48)51-24-27-16-12-11-13-17-27)21-22-32(43)40-29(34(45)39-26(4)35(46)49-5)19-15-18-28(33(44)25(3)38)36(47)50-23-9-7-2/h11-13,15-17,19,25-26,28-30H,6-10,14,18,20-24,38H2,1-5H3,(H,39,45)(H,40,43)(H,41,42)/b19-15+/t25?,26-,28+,29+,30-/m1/s1. The maximum absolute atomic E-state index is 13.2. The first kappa shape index (κ1) is 44.4. The van der Waals surface area contributed by atoms with E-state index in [0.29, 0.717) is 12.8 Å². The fourth-order valence-corrected chi connectivity index (χ4v) is 4.73. The number of nitrogens with two attached hydrogens (primary N) is 1. The molecule has 1 unspecified atom stereocenters. The molecule has 0 saturated carbocycles. The number of benzene rings is 1. The third-order valence-corrected chi connectivity index (χ3v) is 7.79. The predicted octanol–water partition coefficient (Wildman–Crippen LogP) is 2.95. The van der Waals surface area contributed by atoms with E-state index in [1.807, 2.05) is 13.0 Å². The van der Waals surface area contributed by atoms with Gasteiger partial charge >= 0.3 is 17.9 Å². The van der Waals surface area contributed by atoms with Crippen LogP contribution >= 0.6 is 0 Å². The van der Waals surface area contributed by atoms with Gasteiger partial charge in [-0.3, -0.25) is 24.0 Å². The molecule has 284 valence electrons. The molecule has 51 heavy (non-hydrogen) atoms. The molecule has 3 amide bonds. The third kappa shape index (κ3) is 18.3. The van der Waals surface area contributed by atoms with E-state index in [1.54, 1.807) is 24.3 Å². The van der Waals surface area contributed by atoms with E-state index in [1.165, 1.54) is 26.0 Å². The Labute approximate surface area is 301 Å². The van der Waals surface area contributed by atoms with Crippen molar-refractivity contribution in [1.29, 1.82) is 0 Å². The molecule has 0 spiro atoms. The molecule has 1 aromatic rings. The number of Topliss-reactive ketones (excluding diaryl/α,β-unsaturated/α-hetero) is 1. The predicted molar refractivity (Wildman–Crippen MR) is 189 cm³/mol. The molecule has 0 aliphatic carbocycles. The molecule has 0 aliphatic heterocycles. The molecule has 0 aromatic heterocycles. The van der Waals surface area contributed by atoms with Gasteiger partial charge in [0.25, 0.3) is 0 Å². The van der Waals surface area contributed by atoms with Crippen LogP contribution in [0.4, 0.5) is 0 Å². The van der Waals surface area contributed by atoms with E-state index in [2.05, 4.69) is 27.6 Å². The van der Waals surface area contributed by atoms with Gasteiger partial charge in [-0.25, -0.2) is 9.59 Å². The van der Waals surface area contributed by atoms with E-state index in [-0.39, 0.29) is 44.8 Å². The van der Waals surface area contributed by atoms with E-state index >= 15 is 0 Å². The molecule has 5 N–H and O–H groups in total. The zero-order valence-electron chi connectivity index (χ0n) is 30.6. The SMILES string of the molecule is CCCCCCC(=O)N[C@H](CCC(=O)N[C@@H](/C=C/C[C@H](C(=O)OCCCC)C(=O)C(C)N)C(=O)N[C@H](C)C(=O)OC)C(=O)OCc1ccccc1. The number of carbonyl (C=O) groups is 7. The van der Waals surface area contributed by atoms with Gasteiger partial charge in [0, 0.05) is 12.8 Å². The van der Waals surface area contributed by atoms with Crippen molar-refractivity contribution in [1.82, 2.24) is 16.0 Å². The first-order valence-corrected chi connectivity index (χ1v) is 17.6. The summed E-state index contributed by atoms with van der Waals surface area (Å²) in [6.07, 6.45) is 7.14. The van der Waals surface area contributed by atoms with Gasteiger partial charge in [-0.1, -0.05) is 82.0 Å². The molecule has 14 nitrogen and oxygen atoms in total. The maximum Gasteiger partial charge on any atom is 0.328 e.